The second-order valence-corrected chi connectivity index (χ2v) is 6.33. The molecule has 0 spiro atoms. The highest BCUT2D eigenvalue weighted by Gasteiger charge is 2.18. The van der Waals surface area contributed by atoms with Crippen LogP contribution in [-0.4, -0.2) is 10.9 Å². The number of hydrogen-bond donors (Lipinski definition) is 1. The van der Waals surface area contributed by atoms with Crippen molar-refractivity contribution in [2.24, 2.45) is 0 Å². The van der Waals surface area contributed by atoms with E-state index >= 15 is 0 Å². The van der Waals surface area contributed by atoms with Gasteiger partial charge in [0.25, 0.3) is 5.91 Å². The number of thiazole rings is 1. The van der Waals surface area contributed by atoms with Gasteiger partial charge in [0, 0.05) is 5.69 Å². The maximum atomic E-state index is 13.4. The summed E-state index contributed by atoms with van der Waals surface area (Å²) in [7, 11) is 0. The summed E-state index contributed by atoms with van der Waals surface area (Å²) in [5.74, 6) is 0.455. The van der Waals surface area contributed by atoms with Crippen LogP contribution in [0, 0.1) is 19.7 Å². The average Bonchev–Trinajstić information content (AvgIpc) is 3.09. The van der Waals surface area contributed by atoms with Gasteiger partial charge in [-0.1, -0.05) is 11.6 Å². The summed E-state index contributed by atoms with van der Waals surface area (Å²) in [6.45, 7) is 3.58. The fourth-order valence-electron chi connectivity index (χ4n) is 2.02. The van der Waals surface area contributed by atoms with E-state index in [-0.39, 0.29) is 10.9 Å². The van der Waals surface area contributed by atoms with E-state index in [1.807, 2.05) is 19.1 Å². The lowest BCUT2D eigenvalue weighted by molar-refractivity contribution is 0.103. The lowest BCUT2D eigenvalue weighted by Gasteiger charge is -2.04. The van der Waals surface area contributed by atoms with Crippen molar-refractivity contribution in [1.82, 2.24) is 4.98 Å². The highest BCUT2D eigenvalue weighted by molar-refractivity contribution is 7.17. The van der Waals surface area contributed by atoms with Gasteiger partial charge in [-0.25, -0.2) is 9.37 Å². The first-order valence-electron chi connectivity index (χ1n) is 6.74. The van der Waals surface area contributed by atoms with Crippen molar-refractivity contribution in [3.05, 3.63) is 57.5 Å². The molecule has 0 radical (unpaired) electrons. The van der Waals surface area contributed by atoms with Gasteiger partial charge >= 0.3 is 0 Å². The van der Waals surface area contributed by atoms with E-state index in [4.69, 9.17) is 16.0 Å². The third kappa shape index (κ3) is 3.28. The summed E-state index contributed by atoms with van der Waals surface area (Å²) in [6.07, 6.45) is 0. The Labute approximate surface area is 140 Å². The SMILES string of the molecule is Cc1ccc(-c2nc(C)c(C(=O)Nc3ccc(Cl)c(F)c3)s2)o1. The topological polar surface area (TPSA) is 55.1 Å². The number of carbonyl (C=O) groups is 1. The molecule has 0 fully saturated rings. The molecular formula is C16H12ClFN2O2S. The molecule has 4 nitrogen and oxygen atoms in total. The van der Waals surface area contributed by atoms with Gasteiger partial charge in [-0.05, 0) is 44.2 Å². The smallest absolute Gasteiger partial charge is 0.267 e. The minimum Gasteiger partial charge on any atom is -0.459 e. The van der Waals surface area contributed by atoms with Crippen LogP contribution in [0.4, 0.5) is 10.1 Å². The van der Waals surface area contributed by atoms with E-state index in [0.717, 1.165) is 5.76 Å². The van der Waals surface area contributed by atoms with Crippen molar-refractivity contribution >= 4 is 34.5 Å². The van der Waals surface area contributed by atoms with Gasteiger partial charge < -0.3 is 9.73 Å². The first-order valence-corrected chi connectivity index (χ1v) is 7.94. The lowest BCUT2D eigenvalue weighted by atomic mass is 10.3. The molecule has 0 saturated heterocycles. The van der Waals surface area contributed by atoms with Gasteiger partial charge in [0.05, 0.1) is 10.7 Å². The molecule has 23 heavy (non-hydrogen) atoms. The van der Waals surface area contributed by atoms with Crippen LogP contribution in [0.15, 0.2) is 34.7 Å². The minimum atomic E-state index is -0.586. The number of nitrogens with zero attached hydrogens (tertiary/aromatic N) is 1. The largest absolute Gasteiger partial charge is 0.459 e. The summed E-state index contributed by atoms with van der Waals surface area (Å²) in [5, 5.41) is 3.27. The number of carbonyl (C=O) groups excluding carboxylic acids is 1. The summed E-state index contributed by atoms with van der Waals surface area (Å²) in [4.78, 5) is 17.2. The standard InChI is InChI=1S/C16H12ClFN2O2S/c1-8-3-6-13(22-8)16-19-9(2)14(23-16)15(21)20-10-4-5-11(17)12(18)7-10/h3-7H,1-2H3,(H,20,21). The van der Waals surface area contributed by atoms with E-state index in [0.29, 0.717) is 27.0 Å². The molecule has 1 aromatic carbocycles. The van der Waals surface area contributed by atoms with Crippen LogP contribution in [0.3, 0.4) is 0 Å². The summed E-state index contributed by atoms with van der Waals surface area (Å²) in [6, 6.07) is 7.75. The predicted molar refractivity (Wildman–Crippen MR) is 88.7 cm³/mol. The van der Waals surface area contributed by atoms with Crippen LogP contribution in [0.1, 0.15) is 21.1 Å². The minimum absolute atomic E-state index is 0.00689. The zero-order valence-corrected chi connectivity index (χ0v) is 13.9. The zero-order chi connectivity index (χ0) is 16.6. The monoisotopic (exact) mass is 350 g/mol. The van der Waals surface area contributed by atoms with Crippen LogP contribution in [0.5, 0.6) is 0 Å². The summed E-state index contributed by atoms with van der Waals surface area (Å²) >= 11 is 6.85. The number of furan rings is 1. The van der Waals surface area contributed by atoms with Crippen molar-refractivity contribution in [3.8, 4) is 10.8 Å². The Morgan fingerprint density at radius 1 is 1.30 bits per heavy atom. The molecule has 2 aromatic heterocycles. The van der Waals surface area contributed by atoms with Crippen molar-refractivity contribution in [2.45, 2.75) is 13.8 Å². The molecular weight excluding hydrogens is 339 g/mol. The van der Waals surface area contributed by atoms with Gasteiger partial charge in [0.1, 0.15) is 16.5 Å². The number of hydrogen-bond acceptors (Lipinski definition) is 4. The second-order valence-electron chi connectivity index (χ2n) is 4.93. The number of halogens is 2. The van der Waals surface area contributed by atoms with Gasteiger partial charge in [0.15, 0.2) is 10.8 Å². The number of nitrogens with one attached hydrogen (secondary N) is 1. The van der Waals surface area contributed by atoms with Gasteiger partial charge in [0.2, 0.25) is 0 Å². The number of rotatable bonds is 3. The first-order chi connectivity index (χ1) is 10.9. The molecule has 0 aliphatic carbocycles. The fraction of sp³-hybridized carbons (Fsp3) is 0.125. The Hall–Kier alpha value is -2.18. The van der Waals surface area contributed by atoms with Crippen LogP contribution >= 0.6 is 22.9 Å². The molecule has 2 heterocycles. The maximum Gasteiger partial charge on any atom is 0.267 e. The number of amides is 1. The van der Waals surface area contributed by atoms with E-state index in [1.54, 1.807) is 6.92 Å². The molecule has 0 saturated carbocycles. The van der Waals surface area contributed by atoms with Crippen molar-refractivity contribution in [2.75, 3.05) is 5.32 Å². The molecule has 1 amide bonds. The van der Waals surface area contributed by atoms with Crippen LogP contribution in [0.25, 0.3) is 10.8 Å². The molecule has 3 rings (SSSR count). The normalized spacial score (nSPS) is 10.8. The molecule has 0 aliphatic heterocycles. The van der Waals surface area contributed by atoms with Gasteiger partial charge in [-0.15, -0.1) is 11.3 Å². The highest BCUT2D eigenvalue weighted by Crippen LogP contribution is 2.30. The van der Waals surface area contributed by atoms with Crippen LogP contribution in [0.2, 0.25) is 5.02 Å². The Kier molecular flexibility index (Phi) is 4.19. The van der Waals surface area contributed by atoms with Gasteiger partial charge in [-0.2, -0.15) is 0 Å². The molecule has 0 atom stereocenters. The van der Waals surface area contributed by atoms with Crippen molar-refractivity contribution in [1.29, 1.82) is 0 Å². The Bertz CT molecular complexity index is 888. The fourth-order valence-corrected chi connectivity index (χ4v) is 3.06. The van der Waals surface area contributed by atoms with E-state index < -0.39 is 5.82 Å². The van der Waals surface area contributed by atoms with E-state index in [2.05, 4.69) is 10.3 Å². The quantitative estimate of drug-likeness (QED) is 0.717. The van der Waals surface area contributed by atoms with Crippen LogP contribution < -0.4 is 5.32 Å². The first kappa shape index (κ1) is 15.7. The molecule has 3 aromatic rings. The van der Waals surface area contributed by atoms with E-state index in [1.165, 1.54) is 29.5 Å². The highest BCUT2D eigenvalue weighted by atomic mass is 35.5. The summed E-state index contributed by atoms with van der Waals surface area (Å²) in [5.41, 5.74) is 0.922. The predicted octanol–water partition coefficient (Wildman–Crippen LogP) is 5.06. The Balaban J connectivity index is 1.85. The molecule has 118 valence electrons. The number of anilines is 1. The van der Waals surface area contributed by atoms with Gasteiger partial charge in [-0.3, -0.25) is 4.79 Å². The molecule has 1 N–H and O–H groups in total. The Morgan fingerprint density at radius 2 is 2.09 bits per heavy atom. The zero-order valence-electron chi connectivity index (χ0n) is 12.3. The lowest BCUT2D eigenvalue weighted by Crippen LogP contribution is -2.11. The number of aryl methyl sites for hydroxylation is 2. The van der Waals surface area contributed by atoms with Crippen molar-refractivity contribution in [3.63, 3.8) is 0 Å². The molecule has 7 heteroatoms. The second kappa shape index (κ2) is 6.14. The molecule has 0 aliphatic rings. The molecule has 0 unspecified atom stereocenters. The number of benzene rings is 1. The van der Waals surface area contributed by atoms with Crippen LogP contribution in [-0.2, 0) is 0 Å². The third-order valence-electron chi connectivity index (χ3n) is 3.13. The maximum absolute atomic E-state index is 13.4. The van der Waals surface area contributed by atoms with E-state index in [9.17, 15) is 9.18 Å². The summed E-state index contributed by atoms with van der Waals surface area (Å²) < 4.78 is 19.0. The third-order valence-corrected chi connectivity index (χ3v) is 4.61. The molecule has 0 bridgehead atoms. The van der Waals surface area contributed by atoms with Crippen molar-refractivity contribution < 1.29 is 13.6 Å². The number of aromatic nitrogens is 1. The average molecular weight is 351 g/mol. The Morgan fingerprint density at radius 3 is 2.74 bits per heavy atom.